The molecule has 0 aliphatic heterocycles. The van der Waals surface area contributed by atoms with Crippen molar-refractivity contribution in [1.29, 1.82) is 0 Å². The number of aromatic nitrogens is 3. The van der Waals surface area contributed by atoms with Crippen LogP contribution in [0.15, 0.2) is 33.9 Å². The summed E-state index contributed by atoms with van der Waals surface area (Å²) in [6.07, 6.45) is 0. The molecule has 0 amide bonds. The van der Waals surface area contributed by atoms with Crippen LogP contribution in [0.3, 0.4) is 0 Å². The Hall–Kier alpha value is -2.34. The molecule has 3 N–H and O–H groups in total. The lowest BCUT2D eigenvalue weighted by atomic mass is 10.2. The number of aliphatic hydroxyl groups is 1. The molecular weight excluding hydrogens is 234 g/mol. The van der Waals surface area contributed by atoms with Gasteiger partial charge in [-0.1, -0.05) is 18.2 Å². The highest BCUT2D eigenvalue weighted by Crippen LogP contribution is 2.19. The van der Waals surface area contributed by atoms with E-state index in [-0.39, 0.29) is 13.2 Å². The van der Waals surface area contributed by atoms with Crippen LogP contribution in [-0.2, 0) is 6.54 Å². The van der Waals surface area contributed by atoms with Gasteiger partial charge in [-0.15, -0.1) is 0 Å². The second-order valence-corrected chi connectivity index (χ2v) is 4.03. The molecule has 0 radical (unpaired) electrons. The van der Waals surface area contributed by atoms with Gasteiger partial charge in [0.2, 0.25) is 0 Å². The quantitative estimate of drug-likeness (QED) is 0.600. The van der Waals surface area contributed by atoms with Crippen molar-refractivity contribution in [2.45, 2.75) is 6.54 Å². The van der Waals surface area contributed by atoms with Crippen LogP contribution in [0.25, 0.3) is 21.9 Å². The van der Waals surface area contributed by atoms with E-state index in [2.05, 4.69) is 9.97 Å². The summed E-state index contributed by atoms with van der Waals surface area (Å²) in [5, 5.41) is 9.66. The van der Waals surface area contributed by atoms with Crippen LogP contribution < -0.4 is 11.2 Å². The second kappa shape index (κ2) is 3.85. The number of hydrogen-bond acceptors (Lipinski definition) is 3. The Morgan fingerprint density at radius 1 is 1.11 bits per heavy atom. The topological polar surface area (TPSA) is 90.9 Å². The van der Waals surface area contributed by atoms with Gasteiger partial charge in [0.25, 0.3) is 5.56 Å². The maximum absolute atomic E-state index is 12.1. The first kappa shape index (κ1) is 10.8. The van der Waals surface area contributed by atoms with E-state index in [0.717, 1.165) is 15.5 Å². The summed E-state index contributed by atoms with van der Waals surface area (Å²) in [5.41, 5.74) is 0.728. The third-order valence-electron chi connectivity index (χ3n) is 2.97. The zero-order valence-corrected chi connectivity index (χ0v) is 9.43. The van der Waals surface area contributed by atoms with Crippen molar-refractivity contribution >= 4 is 21.9 Å². The van der Waals surface area contributed by atoms with Crippen molar-refractivity contribution in [2.75, 3.05) is 6.61 Å². The molecule has 0 aliphatic rings. The Morgan fingerprint density at radius 3 is 2.67 bits per heavy atom. The lowest BCUT2D eigenvalue weighted by molar-refractivity contribution is 0.272. The van der Waals surface area contributed by atoms with E-state index < -0.39 is 11.2 Å². The molecule has 3 aromatic rings. The average molecular weight is 245 g/mol. The number of para-hydroxylation sites is 1. The van der Waals surface area contributed by atoms with Gasteiger partial charge in [0, 0.05) is 10.9 Å². The molecule has 0 saturated carbocycles. The van der Waals surface area contributed by atoms with Gasteiger partial charge in [-0.3, -0.25) is 9.36 Å². The van der Waals surface area contributed by atoms with Gasteiger partial charge in [-0.2, -0.15) is 0 Å². The van der Waals surface area contributed by atoms with Crippen molar-refractivity contribution in [3.8, 4) is 0 Å². The molecule has 6 nitrogen and oxygen atoms in total. The SMILES string of the molecule is O=c1[nH]c2c([nH]c3ccccc32)c(=O)n1CCO. The highest BCUT2D eigenvalue weighted by atomic mass is 16.3. The minimum atomic E-state index is -0.508. The molecule has 0 bridgehead atoms. The third kappa shape index (κ3) is 1.39. The number of fused-ring (bicyclic) bond motifs is 3. The average Bonchev–Trinajstić information content (AvgIpc) is 2.74. The van der Waals surface area contributed by atoms with Gasteiger partial charge in [0.15, 0.2) is 0 Å². The molecular formula is C12H11N3O3. The van der Waals surface area contributed by atoms with Gasteiger partial charge in [0.05, 0.1) is 18.7 Å². The molecule has 2 heterocycles. The largest absolute Gasteiger partial charge is 0.395 e. The van der Waals surface area contributed by atoms with Crippen LogP contribution in [0.2, 0.25) is 0 Å². The lowest BCUT2D eigenvalue weighted by Crippen LogP contribution is -2.35. The molecule has 0 unspecified atom stereocenters. The summed E-state index contributed by atoms with van der Waals surface area (Å²) in [6, 6.07) is 7.36. The molecule has 0 aliphatic carbocycles. The first-order chi connectivity index (χ1) is 8.72. The van der Waals surface area contributed by atoms with E-state index in [1.807, 2.05) is 24.3 Å². The second-order valence-electron chi connectivity index (χ2n) is 4.03. The normalized spacial score (nSPS) is 11.4. The predicted octanol–water partition coefficient (Wildman–Crippen LogP) is 0.163. The first-order valence-corrected chi connectivity index (χ1v) is 5.57. The molecule has 1 aromatic carbocycles. The Morgan fingerprint density at radius 2 is 1.89 bits per heavy atom. The highest BCUT2D eigenvalue weighted by Gasteiger charge is 2.11. The number of aromatic amines is 2. The van der Waals surface area contributed by atoms with Crippen molar-refractivity contribution in [2.24, 2.45) is 0 Å². The number of hydrogen-bond donors (Lipinski definition) is 3. The molecule has 0 saturated heterocycles. The fraction of sp³-hybridized carbons (Fsp3) is 0.167. The van der Waals surface area contributed by atoms with E-state index in [9.17, 15) is 9.59 Å². The summed E-state index contributed by atoms with van der Waals surface area (Å²) >= 11 is 0. The molecule has 0 fully saturated rings. The van der Waals surface area contributed by atoms with Crippen molar-refractivity contribution < 1.29 is 5.11 Å². The van der Waals surface area contributed by atoms with Gasteiger partial charge in [-0.05, 0) is 6.07 Å². The fourth-order valence-electron chi connectivity index (χ4n) is 2.14. The maximum atomic E-state index is 12.1. The molecule has 92 valence electrons. The van der Waals surface area contributed by atoms with Crippen molar-refractivity contribution in [3.05, 3.63) is 45.1 Å². The standard InChI is InChI=1S/C12H11N3O3/c16-6-5-15-11(17)10-9(14-12(15)18)7-3-1-2-4-8(7)13-10/h1-4,13,16H,5-6H2,(H,14,18). The summed E-state index contributed by atoms with van der Waals surface area (Å²) in [5.74, 6) is 0. The predicted molar refractivity (Wildman–Crippen MR) is 67.8 cm³/mol. The third-order valence-corrected chi connectivity index (χ3v) is 2.97. The zero-order chi connectivity index (χ0) is 12.7. The molecule has 18 heavy (non-hydrogen) atoms. The monoisotopic (exact) mass is 245 g/mol. The Bertz CT molecular complexity index is 841. The Labute approximate surface area is 101 Å². The fourth-order valence-corrected chi connectivity index (χ4v) is 2.14. The number of benzene rings is 1. The van der Waals surface area contributed by atoms with E-state index in [1.54, 1.807) is 0 Å². The van der Waals surface area contributed by atoms with Crippen molar-refractivity contribution in [3.63, 3.8) is 0 Å². The number of H-pyrrole nitrogens is 2. The maximum Gasteiger partial charge on any atom is 0.329 e. The van der Waals surface area contributed by atoms with Crippen LogP contribution in [0.5, 0.6) is 0 Å². The molecule has 2 aromatic heterocycles. The van der Waals surface area contributed by atoms with Gasteiger partial charge in [0.1, 0.15) is 5.52 Å². The van der Waals surface area contributed by atoms with Crippen LogP contribution >= 0.6 is 0 Å². The molecule has 3 rings (SSSR count). The number of aliphatic hydroxyl groups excluding tert-OH is 1. The van der Waals surface area contributed by atoms with Gasteiger partial charge >= 0.3 is 5.69 Å². The smallest absolute Gasteiger partial charge is 0.329 e. The number of nitrogens with one attached hydrogen (secondary N) is 2. The first-order valence-electron chi connectivity index (χ1n) is 5.57. The summed E-state index contributed by atoms with van der Waals surface area (Å²) in [7, 11) is 0. The Balaban J connectivity index is 2.50. The molecule has 0 atom stereocenters. The van der Waals surface area contributed by atoms with Crippen LogP contribution in [0.4, 0.5) is 0 Å². The molecule has 0 spiro atoms. The molecule has 6 heteroatoms. The van der Waals surface area contributed by atoms with Crippen LogP contribution in [-0.4, -0.2) is 26.2 Å². The zero-order valence-electron chi connectivity index (χ0n) is 9.43. The van der Waals surface area contributed by atoms with Crippen molar-refractivity contribution in [1.82, 2.24) is 14.5 Å². The number of nitrogens with zero attached hydrogens (tertiary/aromatic N) is 1. The Kier molecular flexibility index (Phi) is 2.31. The highest BCUT2D eigenvalue weighted by molar-refractivity contribution is 6.04. The van der Waals surface area contributed by atoms with Gasteiger partial charge in [-0.25, -0.2) is 4.79 Å². The summed E-state index contributed by atoms with van der Waals surface area (Å²) < 4.78 is 0.984. The van der Waals surface area contributed by atoms with E-state index >= 15 is 0 Å². The summed E-state index contributed by atoms with van der Waals surface area (Å²) in [6.45, 7) is -0.270. The van der Waals surface area contributed by atoms with E-state index in [1.165, 1.54) is 0 Å². The minimum Gasteiger partial charge on any atom is -0.395 e. The van der Waals surface area contributed by atoms with Crippen LogP contribution in [0.1, 0.15) is 0 Å². The summed E-state index contributed by atoms with van der Waals surface area (Å²) in [4.78, 5) is 29.5. The van der Waals surface area contributed by atoms with Gasteiger partial charge < -0.3 is 15.1 Å². The lowest BCUT2D eigenvalue weighted by Gasteiger charge is -2.01. The van der Waals surface area contributed by atoms with E-state index in [0.29, 0.717) is 11.0 Å². The number of rotatable bonds is 2. The van der Waals surface area contributed by atoms with Crippen LogP contribution in [0, 0.1) is 0 Å². The van der Waals surface area contributed by atoms with E-state index in [4.69, 9.17) is 5.11 Å². The minimum absolute atomic E-state index is 0.0144.